The van der Waals surface area contributed by atoms with Gasteiger partial charge in [0.25, 0.3) is 15.9 Å². The van der Waals surface area contributed by atoms with E-state index in [0.29, 0.717) is 5.69 Å². The van der Waals surface area contributed by atoms with Crippen LogP contribution in [0.4, 0.5) is 11.4 Å². The molecule has 0 aliphatic rings. The molecule has 0 unspecified atom stereocenters. The second-order valence-electron chi connectivity index (χ2n) is 6.35. The monoisotopic (exact) mass is 459 g/mol. The average Bonchev–Trinajstić information content (AvgIpc) is 2.61. The Balaban J connectivity index is 1.79. The summed E-state index contributed by atoms with van der Waals surface area (Å²) in [6.45, 7) is 3.89. The van der Waals surface area contributed by atoms with E-state index in [1.54, 1.807) is 12.1 Å². The average molecular weight is 460 g/mol. The van der Waals surface area contributed by atoms with Crippen molar-refractivity contribution < 1.29 is 13.2 Å². The summed E-state index contributed by atoms with van der Waals surface area (Å²) in [5.74, 6) is -0.373. The topological polar surface area (TPSA) is 88.2 Å². The fourth-order valence-corrected chi connectivity index (χ4v) is 4.00. The third kappa shape index (κ3) is 4.96. The normalized spacial score (nSPS) is 11.1. The van der Waals surface area contributed by atoms with Gasteiger partial charge in [-0.15, -0.1) is 0 Å². The first-order chi connectivity index (χ1) is 13.2. The number of sulfonamides is 1. The quantitative estimate of drug-likeness (QED) is 0.587. The Hall–Kier alpha value is -2.71. The molecular formula is C20H18BrN3O3S. The first-order valence-corrected chi connectivity index (χ1v) is 10.6. The van der Waals surface area contributed by atoms with Gasteiger partial charge in [-0.25, -0.2) is 8.42 Å². The van der Waals surface area contributed by atoms with Gasteiger partial charge in [0.2, 0.25) is 0 Å². The molecule has 6 nitrogen and oxygen atoms in total. The number of anilines is 2. The van der Waals surface area contributed by atoms with Crippen molar-refractivity contribution in [2.45, 2.75) is 18.7 Å². The van der Waals surface area contributed by atoms with E-state index in [-0.39, 0.29) is 22.1 Å². The van der Waals surface area contributed by atoms with Crippen molar-refractivity contribution in [1.82, 2.24) is 4.98 Å². The van der Waals surface area contributed by atoms with Crippen molar-refractivity contribution in [2.75, 3.05) is 10.0 Å². The number of hydrogen-bond donors (Lipinski definition) is 2. The van der Waals surface area contributed by atoms with Gasteiger partial charge in [-0.05, 0) is 67.4 Å². The van der Waals surface area contributed by atoms with E-state index >= 15 is 0 Å². The number of rotatable bonds is 5. The molecule has 8 heteroatoms. The Labute approximate surface area is 172 Å². The van der Waals surface area contributed by atoms with Gasteiger partial charge in [0.05, 0.1) is 22.3 Å². The number of carbonyl (C=O) groups is 1. The van der Waals surface area contributed by atoms with Crippen LogP contribution in [0, 0.1) is 13.8 Å². The van der Waals surface area contributed by atoms with E-state index in [0.717, 1.165) is 15.6 Å². The molecule has 1 amide bonds. The number of pyridine rings is 1. The zero-order chi connectivity index (χ0) is 20.3. The molecule has 2 aromatic carbocycles. The predicted octanol–water partition coefficient (Wildman–Crippen LogP) is 4.51. The largest absolute Gasteiger partial charge is 0.322 e. The number of amides is 1. The van der Waals surface area contributed by atoms with Crippen molar-refractivity contribution in [2.24, 2.45) is 0 Å². The second-order valence-corrected chi connectivity index (χ2v) is 8.95. The lowest BCUT2D eigenvalue weighted by Crippen LogP contribution is -2.15. The number of benzene rings is 2. The summed E-state index contributed by atoms with van der Waals surface area (Å²) in [7, 11) is -3.79. The van der Waals surface area contributed by atoms with Crippen LogP contribution in [-0.2, 0) is 10.0 Å². The predicted molar refractivity (Wildman–Crippen MR) is 113 cm³/mol. The van der Waals surface area contributed by atoms with Gasteiger partial charge in [0, 0.05) is 16.4 Å². The van der Waals surface area contributed by atoms with Crippen LogP contribution in [0.5, 0.6) is 0 Å². The fourth-order valence-electron chi connectivity index (χ4n) is 2.70. The van der Waals surface area contributed by atoms with Gasteiger partial charge in [-0.2, -0.15) is 0 Å². The van der Waals surface area contributed by atoms with Crippen molar-refractivity contribution in [3.05, 3.63) is 82.1 Å². The summed E-state index contributed by atoms with van der Waals surface area (Å²) in [5, 5.41) is 2.81. The van der Waals surface area contributed by atoms with E-state index in [2.05, 4.69) is 31.0 Å². The first-order valence-electron chi connectivity index (χ1n) is 8.36. The van der Waals surface area contributed by atoms with Crippen LogP contribution < -0.4 is 10.0 Å². The number of nitrogens with one attached hydrogen (secondary N) is 2. The molecule has 1 heterocycles. The Morgan fingerprint density at radius 3 is 2.21 bits per heavy atom. The van der Waals surface area contributed by atoms with Crippen molar-refractivity contribution in [3.8, 4) is 0 Å². The smallest absolute Gasteiger partial charge is 0.261 e. The first kappa shape index (κ1) is 20.0. The minimum absolute atomic E-state index is 0.112. The Kier molecular flexibility index (Phi) is 5.81. The molecule has 28 heavy (non-hydrogen) atoms. The van der Waals surface area contributed by atoms with Gasteiger partial charge in [-0.3, -0.25) is 14.5 Å². The molecule has 3 rings (SSSR count). The summed E-state index contributed by atoms with van der Waals surface area (Å²) in [5.41, 5.74) is 3.18. The van der Waals surface area contributed by atoms with Crippen molar-refractivity contribution in [1.29, 1.82) is 0 Å². The van der Waals surface area contributed by atoms with Gasteiger partial charge >= 0.3 is 0 Å². The molecule has 0 atom stereocenters. The number of hydrogen-bond acceptors (Lipinski definition) is 4. The highest BCUT2D eigenvalue weighted by molar-refractivity contribution is 9.10. The van der Waals surface area contributed by atoms with Crippen LogP contribution >= 0.6 is 15.9 Å². The van der Waals surface area contributed by atoms with E-state index < -0.39 is 10.0 Å². The molecule has 2 N–H and O–H groups in total. The van der Waals surface area contributed by atoms with Gasteiger partial charge in [-0.1, -0.05) is 22.0 Å². The van der Waals surface area contributed by atoms with Gasteiger partial charge in [0.15, 0.2) is 0 Å². The molecule has 0 saturated heterocycles. The zero-order valence-corrected chi connectivity index (χ0v) is 17.6. The van der Waals surface area contributed by atoms with E-state index in [9.17, 15) is 13.2 Å². The Bertz CT molecular complexity index is 1110. The summed E-state index contributed by atoms with van der Waals surface area (Å²) in [6.07, 6.45) is 2.74. The summed E-state index contributed by atoms with van der Waals surface area (Å²) in [4.78, 5) is 16.6. The third-order valence-corrected chi connectivity index (χ3v) is 5.78. The highest BCUT2D eigenvalue weighted by Gasteiger charge is 2.15. The lowest BCUT2D eigenvalue weighted by Gasteiger charge is -2.10. The van der Waals surface area contributed by atoms with Crippen molar-refractivity contribution >= 4 is 43.2 Å². The van der Waals surface area contributed by atoms with Crippen LogP contribution in [0.2, 0.25) is 0 Å². The molecule has 0 bridgehead atoms. The molecule has 3 aromatic rings. The third-order valence-electron chi connectivity index (χ3n) is 3.86. The number of nitrogens with zero attached hydrogens (tertiary/aromatic N) is 1. The maximum Gasteiger partial charge on any atom is 0.261 e. The summed E-state index contributed by atoms with van der Waals surface area (Å²) >= 11 is 3.27. The molecule has 1 aromatic heterocycles. The molecule has 144 valence electrons. The fraction of sp³-hybridized carbons (Fsp3) is 0.100. The minimum atomic E-state index is -3.79. The van der Waals surface area contributed by atoms with Crippen LogP contribution in [0.25, 0.3) is 0 Å². The number of aryl methyl sites for hydroxylation is 2. The molecule has 0 aliphatic carbocycles. The van der Waals surface area contributed by atoms with E-state index in [1.807, 2.05) is 32.0 Å². The number of aromatic nitrogens is 1. The lowest BCUT2D eigenvalue weighted by molar-refractivity contribution is 0.102. The van der Waals surface area contributed by atoms with E-state index in [4.69, 9.17) is 0 Å². The molecule has 0 radical (unpaired) electrons. The zero-order valence-electron chi connectivity index (χ0n) is 15.2. The standard InChI is InChI=1S/C20H18BrN3O3S/c1-13-7-14(2)9-17(8-13)23-20(25)15-10-18(12-22-11-15)24-28(26,27)19-5-3-16(21)4-6-19/h3-12,24H,1-2H3,(H,23,25). The van der Waals surface area contributed by atoms with Gasteiger partial charge < -0.3 is 5.32 Å². The minimum Gasteiger partial charge on any atom is -0.322 e. The summed E-state index contributed by atoms with van der Waals surface area (Å²) < 4.78 is 28.2. The summed E-state index contributed by atoms with van der Waals surface area (Å²) in [6, 6.07) is 13.4. The highest BCUT2D eigenvalue weighted by atomic mass is 79.9. The van der Waals surface area contributed by atoms with Gasteiger partial charge in [0.1, 0.15) is 0 Å². The van der Waals surface area contributed by atoms with Crippen LogP contribution in [0.1, 0.15) is 21.5 Å². The molecule has 0 fully saturated rings. The van der Waals surface area contributed by atoms with Crippen molar-refractivity contribution in [3.63, 3.8) is 0 Å². The van der Waals surface area contributed by atoms with Crippen LogP contribution in [0.3, 0.4) is 0 Å². The molecular weight excluding hydrogens is 442 g/mol. The maximum atomic E-state index is 12.5. The number of halogens is 1. The lowest BCUT2D eigenvalue weighted by atomic mass is 10.1. The number of carbonyl (C=O) groups excluding carboxylic acids is 1. The molecule has 0 saturated carbocycles. The van der Waals surface area contributed by atoms with Crippen LogP contribution in [0.15, 0.2) is 70.3 Å². The SMILES string of the molecule is Cc1cc(C)cc(NC(=O)c2cncc(NS(=O)(=O)c3ccc(Br)cc3)c2)c1. The van der Waals surface area contributed by atoms with Crippen LogP contribution in [-0.4, -0.2) is 19.3 Å². The Morgan fingerprint density at radius 2 is 1.57 bits per heavy atom. The van der Waals surface area contributed by atoms with E-state index in [1.165, 1.54) is 30.6 Å². The second kappa shape index (κ2) is 8.12. The Morgan fingerprint density at radius 1 is 0.929 bits per heavy atom. The molecule has 0 spiro atoms. The highest BCUT2D eigenvalue weighted by Crippen LogP contribution is 2.20. The molecule has 0 aliphatic heterocycles. The maximum absolute atomic E-state index is 12.5.